The number of aromatic nitrogens is 3. The van der Waals surface area contributed by atoms with Gasteiger partial charge in [-0.15, -0.1) is 0 Å². The molecular formula is C62H37N5. The molecule has 67 heavy (non-hydrogen) atoms. The number of nitrogens with zero attached hydrogens (tertiary/aromatic N) is 5. The Kier molecular flexibility index (Phi) is 8.58. The van der Waals surface area contributed by atoms with E-state index in [1.165, 1.54) is 21.5 Å². The van der Waals surface area contributed by atoms with E-state index < -0.39 is 0 Å². The Morgan fingerprint density at radius 1 is 0.284 bits per heavy atom. The van der Waals surface area contributed by atoms with Crippen molar-refractivity contribution in [1.82, 2.24) is 13.7 Å². The molecule has 13 aromatic rings. The zero-order valence-electron chi connectivity index (χ0n) is 36.1. The third-order valence-electron chi connectivity index (χ3n) is 13.5. The summed E-state index contributed by atoms with van der Waals surface area (Å²) in [5.74, 6) is 0. The van der Waals surface area contributed by atoms with Crippen LogP contribution in [0.15, 0.2) is 224 Å². The molecular weight excluding hydrogens is 815 g/mol. The van der Waals surface area contributed by atoms with Gasteiger partial charge in [0.15, 0.2) is 11.4 Å². The lowest BCUT2D eigenvalue weighted by molar-refractivity contribution is 1.16. The van der Waals surface area contributed by atoms with Gasteiger partial charge in [-0.25, -0.2) is 9.69 Å². The summed E-state index contributed by atoms with van der Waals surface area (Å²) in [7, 11) is 0. The minimum atomic E-state index is 0.450. The van der Waals surface area contributed by atoms with Crippen LogP contribution in [-0.4, -0.2) is 13.7 Å². The molecule has 0 N–H and O–H groups in total. The van der Waals surface area contributed by atoms with Crippen molar-refractivity contribution in [2.45, 2.75) is 0 Å². The van der Waals surface area contributed by atoms with Gasteiger partial charge in [0.2, 0.25) is 0 Å². The van der Waals surface area contributed by atoms with Crippen LogP contribution in [0, 0.1) is 13.1 Å². The number of hydrogen-bond acceptors (Lipinski definition) is 0. The van der Waals surface area contributed by atoms with Crippen LogP contribution in [0.4, 0.5) is 11.4 Å². The first-order chi connectivity index (χ1) is 33.2. The van der Waals surface area contributed by atoms with Gasteiger partial charge < -0.3 is 13.7 Å². The molecule has 5 heteroatoms. The summed E-state index contributed by atoms with van der Waals surface area (Å²) in [5.41, 5.74) is 16.3. The van der Waals surface area contributed by atoms with E-state index in [0.29, 0.717) is 16.9 Å². The van der Waals surface area contributed by atoms with Gasteiger partial charge in [-0.05, 0) is 95.1 Å². The molecule has 5 nitrogen and oxygen atoms in total. The molecule has 0 atom stereocenters. The Bertz CT molecular complexity index is 3860. The summed E-state index contributed by atoms with van der Waals surface area (Å²) in [5, 5.41) is 7.11. The smallest absolute Gasteiger partial charge is 0.184 e. The largest absolute Gasteiger partial charge is 0.309 e. The van der Waals surface area contributed by atoms with Crippen molar-refractivity contribution in [3.8, 4) is 50.4 Å². The summed E-state index contributed by atoms with van der Waals surface area (Å²) in [6.45, 7) is 16.4. The van der Waals surface area contributed by atoms with Gasteiger partial charge in [0, 0.05) is 54.8 Å². The van der Waals surface area contributed by atoms with E-state index in [4.69, 9.17) is 13.1 Å². The predicted octanol–water partition coefficient (Wildman–Crippen LogP) is 17.1. The highest BCUT2D eigenvalue weighted by Crippen LogP contribution is 2.48. The van der Waals surface area contributed by atoms with Crippen molar-refractivity contribution in [2.24, 2.45) is 0 Å². The lowest BCUT2D eigenvalue weighted by Crippen LogP contribution is -2.02. The fourth-order valence-electron chi connectivity index (χ4n) is 10.6. The minimum Gasteiger partial charge on any atom is -0.309 e. The van der Waals surface area contributed by atoms with Crippen molar-refractivity contribution in [2.75, 3.05) is 0 Å². The molecule has 0 saturated heterocycles. The predicted molar refractivity (Wildman–Crippen MR) is 278 cm³/mol. The third kappa shape index (κ3) is 5.79. The molecule has 3 heterocycles. The van der Waals surface area contributed by atoms with Crippen LogP contribution in [0.5, 0.6) is 0 Å². The Morgan fingerprint density at radius 2 is 0.642 bits per heavy atom. The van der Waals surface area contributed by atoms with Crippen molar-refractivity contribution < 1.29 is 0 Å². The first-order valence-electron chi connectivity index (χ1n) is 22.4. The topological polar surface area (TPSA) is 23.5 Å². The quantitative estimate of drug-likeness (QED) is 0.149. The van der Waals surface area contributed by atoms with Gasteiger partial charge >= 0.3 is 0 Å². The van der Waals surface area contributed by atoms with Gasteiger partial charge in [0.25, 0.3) is 0 Å². The molecule has 0 aliphatic rings. The van der Waals surface area contributed by atoms with E-state index in [-0.39, 0.29) is 0 Å². The molecule has 0 spiro atoms. The summed E-state index contributed by atoms with van der Waals surface area (Å²) in [6, 6.07) is 79.4. The molecule has 0 fully saturated rings. The standard InChI is InChI=1S/C62H37N5/c1-63-53-26-17-27-54(64-2)61(53)42-36-49(40-18-5-3-6-19-40)62(50(37-42)41-20-7-4-8-21-41)67-59-34-32-43(65-55-28-13-9-22-45(55)46-23-10-14-29-56(46)65)38-51(59)52-39-44(33-35-60(52)67)66-57-30-15-11-24-47(57)48-25-12-16-31-58(48)66/h3-39H. The van der Waals surface area contributed by atoms with E-state index in [2.05, 4.69) is 218 Å². The first-order valence-corrected chi connectivity index (χ1v) is 22.4. The van der Waals surface area contributed by atoms with Crippen molar-refractivity contribution in [3.63, 3.8) is 0 Å². The molecule has 3 aromatic heterocycles. The molecule has 13 rings (SSSR count). The Balaban J connectivity index is 1.18. The highest BCUT2D eigenvalue weighted by atomic mass is 15.0. The molecule has 0 bridgehead atoms. The molecule has 10 aromatic carbocycles. The van der Waals surface area contributed by atoms with Crippen LogP contribution in [-0.2, 0) is 0 Å². The van der Waals surface area contributed by atoms with Crippen molar-refractivity contribution in [3.05, 3.63) is 247 Å². The fourth-order valence-corrected chi connectivity index (χ4v) is 10.6. The molecule has 0 aliphatic heterocycles. The second kappa shape index (κ2) is 15.1. The number of hydrogen-bond donors (Lipinski definition) is 0. The zero-order chi connectivity index (χ0) is 44.6. The molecule has 310 valence electrons. The third-order valence-corrected chi connectivity index (χ3v) is 13.5. The second-order valence-electron chi connectivity index (χ2n) is 17.0. The average molecular weight is 852 g/mol. The number of fused-ring (bicyclic) bond motifs is 9. The molecule has 0 amide bonds. The maximum Gasteiger partial charge on any atom is 0.184 e. The number of rotatable bonds is 6. The molecule has 0 aliphatic carbocycles. The summed E-state index contributed by atoms with van der Waals surface area (Å²) in [4.78, 5) is 7.89. The average Bonchev–Trinajstić information content (AvgIpc) is 4.03. The SMILES string of the molecule is [C-]#[N+]c1cccc([N+]#[C-])c1-c1cc(-c2ccccc2)c(-n2c3ccc(-n4c5ccccc5c5ccccc54)cc3c3cc(-n4c5ccccc5c5ccccc54)ccc32)c(-c2ccccc2)c1. The van der Waals surface area contributed by atoms with Crippen LogP contribution >= 0.6 is 0 Å². The highest BCUT2D eigenvalue weighted by Gasteiger charge is 2.25. The van der Waals surface area contributed by atoms with E-state index in [1.807, 2.05) is 24.3 Å². The van der Waals surface area contributed by atoms with Crippen LogP contribution in [0.25, 0.3) is 126 Å². The Labute approximate surface area is 386 Å². The van der Waals surface area contributed by atoms with Gasteiger partial charge in [-0.3, -0.25) is 0 Å². The fraction of sp³-hybridized carbons (Fsp3) is 0. The van der Waals surface area contributed by atoms with Crippen LogP contribution in [0.1, 0.15) is 0 Å². The maximum atomic E-state index is 8.21. The maximum absolute atomic E-state index is 8.21. The minimum absolute atomic E-state index is 0.450. The van der Waals surface area contributed by atoms with Crippen LogP contribution < -0.4 is 0 Å². The molecule has 0 radical (unpaired) electrons. The Morgan fingerprint density at radius 3 is 1.03 bits per heavy atom. The van der Waals surface area contributed by atoms with Gasteiger partial charge in [-0.2, -0.15) is 0 Å². The van der Waals surface area contributed by atoms with Crippen LogP contribution in [0.3, 0.4) is 0 Å². The van der Waals surface area contributed by atoms with Crippen LogP contribution in [0.2, 0.25) is 0 Å². The summed E-state index contributed by atoms with van der Waals surface area (Å²) >= 11 is 0. The lowest BCUT2D eigenvalue weighted by atomic mass is 9.89. The number of benzene rings is 10. The van der Waals surface area contributed by atoms with Crippen molar-refractivity contribution >= 4 is 76.8 Å². The molecule has 0 unspecified atom stereocenters. The Hall–Kier alpha value is -9.42. The summed E-state index contributed by atoms with van der Waals surface area (Å²) in [6.07, 6.45) is 0. The second-order valence-corrected chi connectivity index (χ2v) is 17.0. The number of para-hydroxylation sites is 4. The monoisotopic (exact) mass is 851 g/mol. The molecule has 0 saturated carbocycles. The highest BCUT2D eigenvalue weighted by molar-refractivity contribution is 6.15. The lowest BCUT2D eigenvalue weighted by Gasteiger charge is -2.22. The van der Waals surface area contributed by atoms with E-state index in [1.54, 1.807) is 6.07 Å². The zero-order valence-corrected chi connectivity index (χ0v) is 36.1. The normalized spacial score (nSPS) is 11.6. The van der Waals surface area contributed by atoms with E-state index >= 15 is 0 Å². The van der Waals surface area contributed by atoms with Gasteiger partial charge in [0.1, 0.15) is 0 Å². The van der Waals surface area contributed by atoms with E-state index in [9.17, 15) is 0 Å². The summed E-state index contributed by atoms with van der Waals surface area (Å²) < 4.78 is 7.24. The van der Waals surface area contributed by atoms with Crippen molar-refractivity contribution in [1.29, 1.82) is 0 Å². The van der Waals surface area contributed by atoms with Gasteiger partial charge in [-0.1, -0.05) is 152 Å². The van der Waals surface area contributed by atoms with Gasteiger partial charge in [0.05, 0.1) is 51.9 Å². The van der Waals surface area contributed by atoms with E-state index in [0.717, 1.165) is 88.8 Å². The first kappa shape index (κ1) is 38.1.